The number of unbranched alkanes of at least 4 members (excludes halogenated alkanes) is 1. The van der Waals surface area contributed by atoms with Gasteiger partial charge in [-0.15, -0.1) is 0 Å². The van der Waals surface area contributed by atoms with E-state index in [2.05, 4.69) is 11.4 Å². The Kier molecular flexibility index (Phi) is 7.32. The number of carbonyl (C=O) groups is 5. The molecule has 2 aliphatic carbocycles. The van der Waals surface area contributed by atoms with Crippen LogP contribution in [-0.4, -0.2) is 42.9 Å². The molecule has 2 aromatic carbocycles. The number of allylic oxidation sites excluding steroid dienone is 2. The molecule has 2 aromatic rings. The smallest absolute Gasteiger partial charge is 0.338 e. The third-order valence-electron chi connectivity index (χ3n) is 7.69. The first-order chi connectivity index (χ1) is 18.8. The average Bonchev–Trinajstić information content (AvgIpc) is 3.57. The number of anilines is 2. The highest BCUT2D eigenvalue weighted by Gasteiger charge is 2.60. The number of hydrogen-bond acceptors (Lipinski definition) is 7. The summed E-state index contributed by atoms with van der Waals surface area (Å²) in [5.74, 6) is -2.70. The highest BCUT2D eigenvalue weighted by molar-refractivity contribution is 6.23. The van der Waals surface area contributed by atoms with Gasteiger partial charge in [0.2, 0.25) is 11.8 Å². The summed E-state index contributed by atoms with van der Waals surface area (Å²) in [5.41, 5.74) is 2.41. The summed E-state index contributed by atoms with van der Waals surface area (Å²) < 4.78 is 10.3. The van der Waals surface area contributed by atoms with Gasteiger partial charge < -0.3 is 14.8 Å². The van der Waals surface area contributed by atoms with Crippen molar-refractivity contribution in [1.29, 1.82) is 0 Å². The lowest BCUT2D eigenvalue weighted by molar-refractivity contribution is -0.123. The van der Waals surface area contributed by atoms with Crippen LogP contribution < -0.4 is 10.2 Å². The van der Waals surface area contributed by atoms with Gasteiger partial charge in [0.25, 0.3) is 5.91 Å². The number of nitrogens with zero attached hydrogens (tertiary/aromatic N) is 1. The summed E-state index contributed by atoms with van der Waals surface area (Å²) in [5, 5.41) is 2.60. The summed E-state index contributed by atoms with van der Waals surface area (Å²) in [6.45, 7) is 3.83. The Hall–Kier alpha value is -4.27. The minimum absolute atomic E-state index is 0.0870. The topological polar surface area (TPSA) is 119 Å². The second kappa shape index (κ2) is 10.8. The molecule has 0 aromatic heterocycles. The van der Waals surface area contributed by atoms with Crippen molar-refractivity contribution in [1.82, 2.24) is 0 Å². The number of ether oxygens (including phenoxy) is 2. The zero-order valence-corrected chi connectivity index (χ0v) is 21.8. The Morgan fingerprint density at radius 1 is 0.949 bits per heavy atom. The van der Waals surface area contributed by atoms with Crippen molar-refractivity contribution in [2.75, 3.05) is 23.4 Å². The zero-order valence-electron chi connectivity index (χ0n) is 21.8. The molecule has 0 spiro atoms. The molecule has 5 rings (SSSR count). The largest absolute Gasteiger partial charge is 0.462 e. The van der Waals surface area contributed by atoms with Crippen LogP contribution in [0.2, 0.25) is 0 Å². The lowest BCUT2D eigenvalue weighted by Crippen LogP contribution is -2.33. The van der Waals surface area contributed by atoms with Crippen molar-refractivity contribution in [3.63, 3.8) is 0 Å². The molecule has 2 bridgehead atoms. The number of rotatable bonds is 9. The van der Waals surface area contributed by atoms with Gasteiger partial charge in [0.1, 0.15) is 0 Å². The van der Waals surface area contributed by atoms with E-state index in [1.54, 1.807) is 36.4 Å². The number of imide groups is 1. The molecular weight excluding hydrogens is 500 g/mol. The Morgan fingerprint density at radius 2 is 1.67 bits per heavy atom. The standard InChI is InChI=1S/C30H30N2O7/c1-3-4-12-38-29(36)18-8-10-21(11-9-18)31-24(33)16-39-30(37)19-6-5-7-22(14-19)32-27(34)25-20-13-17(2)23(15-20)26(25)28(32)35/h5-11,13-14,20,23,25-26H,3-4,12,15-16H2,1-2H3,(H,31,33)/t20-,23+,25-,26-/m0/s1. The summed E-state index contributed by atoms with van der Waals surface area (Å²) in [7, 11) is 0. The van der Waals surface area contributed by atoms with Crippen LogP contribution in [-0.2, 0) is 23.9 Å². The number of amides is 3. The normalized spacial score (nSPS) is 22.9. The van der Waals surface area contributed by atoms with Crippen LogP contribution in [0.25, 0.3) is 0 Å². The molecule has 0 radical (unpaired) electrons. The second-order valence-electron chi connectivity index (χ2n) is 10.2. The van der Waals surface area contributed by atoms with Gasteiger partial charge >= 0.3 is 11.9 Å². The van der Waals surface area contributed by atoms with E-state index in [1.165, 1.54) is 22.6 Å². The molecule has 2 fully saturated rings. The van der Waals surface area contributed by atoms with E-state index < -0.39 is 24.5 Å². The van der Waals surface area contributed by atoms with Gasteiger partial charge in [0.15, 0.2) is 6.61 Å². The summed E-state index contributed by atoms with van der Waals surface area (Å²) in [6, 6.07) is 12.3. The predicted molar refractivity (Wildman–Crippen MR) is 142 cm³/mol. The Bertz CT molecular complexity index is 1360. The maximum atomic E-state index is 13.2. The fraction of sp³-hybridized carbons (Fsp3) is 0.367. The second-order valence-corrected chi connectivity index (χ2v) is 10.2. The van der Waals surface area contributed by atoms with E-state index >= 15 is 0 Å². The fourth-order valence-corrected chi connectivity index (χ4v) is 5.79. The molecule has 4 atom stereocenters. The summed E-state index contributed by atoms with van der Waals surface area (Å²) in [4.78, 5) is 64.5. The van der Waals surface area contributed by atoms with Crippen molar-refractivity contribution in [3.05, 3.63) is 71.3 Å². The zero-order chi connectivity index (χ0) is 27.7. The number of fused-ring (bicyclic) bond motifs is 5. The third kappa shape index (κ3) is 5.08. The highest BCUT2D eigenvalue weighted by Crippen LogP contribution is 2.55. The van der Waals surface area contributed by atoms with Crippen molar-refractivity contribution in [2.24, 2.45) is 23.7 Å². The van der Waals surface area contributed by atoms with E-state index in [1.807, 2.05) is 13.8 Å². The van der Waals surface area contributed by atoms with Gasteiger partial charge in [-0.25, -0.2) is 14.5 Å². The molecule has 1 aliphatic heterocycles. The minimum Gasteiger partial charge on any atom is -0.462 e. The first-order valence-electron chi connectivity index (χ1n) is 13.2. The summed E-state index contributed by atoms with van der Waals surface area (Å²) >= 11 is 0. The lowest BCUT2D eigenvalue weighted by atomic mass is 9.82. The first-order valence-corrected chi connectivity index (χ1v) is 13.2. The van der Waals surface area contributed by atoms with Gasteiger partial charge in [0, 0.05) is 5.69 Å². The quantitative estimate of drug-likeness (QED) is 0.224. The third-order valence-corrected chi connectivity index (χ3v) is 7.69. The molecule has 1 heterocycles. The monoisotopic (exact) mass is 530 g/mol. The Labute approximate surface area is 226 Å². The van der Waals surface area contributed by atoms with Crippen LogP contribution in [0.4, 0.5) is 11.4 Å². The van der Waals surface area contributed by atoms with Gasteiger partial charge in [-0.2, -0.15) is 0 Å². The molecule has 3 amide bonds. The molecular formula is C30H30N2O7. The van der Waals surface area contributed by atoms with Crippen LogP contribution in [0.3, 0.4) is 0 Å². The van der Waals surface area contributed by atoms with E-state index in [9.17, 15) is 24.0 Å². The Morgan fingerprint density at radius 3 is 2.41 bits per heavy atom. The van der Waals surface area contributed by atoms with Crippen molar-refractivity contribution in [3.8, 4) is 0 Å². The summed E-state index contributed by atoms with van der Waals surface area (Å²) in [6.07, 6.45) is 4.66. The van der Waals surface area contributed by atoms with Crippen molar-refractivity contribution in [2.45, 2.75) is 33.1 Å². The molecule has 9 heteroatoms. The number of carbonyl (C=O) groups excluding carboxylic acids is 5. The Balaban J connectivity index is 1.16. The van der Waals surface area contributed by atoms with E-state index in [0.29, 0.717) is 23.5 Å². The number of esters is 2. The minimum atomic E-state index is -0.756. The molecule has 1 saturated heterocycles. The maximum absolute atomic E-state index is 13.2. The number of benzene rings is 2. The van der Waals surface area contributed by atoms with E-state index in [4.69, 9.17) is 9.47 Å². The van der Waals surface area contributed by atoms with Gasteiger partial charge in [-0.3, -0.25) is 14.4 Å². The first kappa shape index (κ1) is 26.3. The van der Waals surface area contributed by atoms with Crippen molar-refractivity contribution >= 4 is 41.0 Å². The fourth-order valence-electron chi connectivity index (χ4n) is 5.79. The number of nitrogens with one attached hydrogen (secondary N) is 1. The van der Waals surface area contributed by atoms with Crippen molar-refractivity contribution < 1.29 is 33.4 Å². The van der Waals surface area contributed by atoms with E-state index in [-0.39, 0.29) is 41.0 Å². The van der Waals surface area contributed by atoms with Crippen LogP contribution >= 0.6 is 0 Å². The molecule has 0 unspecified atom stereocenters. The average molecular weight is 531 g/mol. The molecule has 3 aliphatic rings. The van der Waals surface area contributed by atoms with Crippen LogP contribution in [0.1, 0.15) is 53.8 Å². The van der Waals surface area contributed by atoms with Crippen LogP contribution in [0.15, 0.2) is 60.2 Å². The van der Waals surface area contributed by atoms with Gasteiger partial charge in [-0.1, -0.05) is 31.1 Å². The maximum Gasteiger partial charge on any atom is 0.338 e. The molecule has 202 valence electrons. The highest BCUT2D eigenvalue weighted by atomic mass is 16.5. The van der Waals surface area contributed by atoms with E-state index in [0.717, 1.165) is 19.3 Å². The van der Waals surface area contributed by atoms with Crippen LogP contribution in [0.5, 0.6) is 0 Å². The predicted octanol–water partition coefficient (Wildman–Crippen LogP) is 4.14. The van der Waals surface area contributed by atoms with Gasteiger partial charge in [0.05, 0.1) is 35.3 Å². The molecule has 9 nitrogen and oxygen atoms in total. The molecule has 39 heavy (non-hydrogen) atoms. The lowest BCUT2D eigenvalue weighted by Gasteiger charge is -2.19. The van der Waals surface area contributed by atoms with Crippen LogP contribution in [0, 0.1) is 23.7 Å². The molecule has 1 N–H and O–H groups in total. The molecule has 1 saturated carbocycles. The number of hydrogen-bond donors (Lipinski definition) is 1. The SMILES string of the molecule is CCCCOC(=O)c1ccc(NC(=O)COC(=O)c2cccc(N3C(=O)[C@@H]4[C@@H](C3=O)[C@H]3C=C(C)[C@H]4C3)c2)cc1. The van der Waals surface area contributed by atoms with Gasteiger partial charge in [-0.05, 0) is 74.1 Å².